The highest BCUT2D eigenvalue weighted by Crippen LogP contribution is 2.04. The molecular formula is C14H20O2. The lowest BCUT2D eigenvalue weighted by molar-refractivity contribution is 0.0749. The Kier molecular flexibility index (Phi) is 5.79. The van der Waals surface area contributed by atoms with Gasteiger partial charge in [0.1, 0.15) is 6.61 Å². The Hall–Kier alpha value is -1.15. The van der Waals surface area contributed by atoms with E-state index in [2.05, 4.69) is 13.8 Å². The second kappa shape index (κ2) is 7.18. The molecule has 1 aromatic rings. The molecule has 0 aromatic heterocycles. The molecule has 16 heavy (non-hydrogen) atoms. The van der Waals surface area contributed by atoms with E-state index >= 15 is 0 Å². The van der Waals surface area contributed by atoms with E-state index in [9.17, 15) is 4.79 Å². The number of carbonyl (C=O) groups excluding carboxylic acids is 1. The number of Topliss-reactive ketones (excluding diaryl/α,β-unsaturated/α-hetero) is 1. The van der Waals surface area contributed by atoms with E-state index in [1.165, 1.54) is 0 Å². The molecule has 0 aliphatic rings. The molecule has 88 valence electrons. The zero-order chi connectivity index (χ0) is 11.8. The predicted octanol–water partition coefficient (Wildman–Crippen LogP) is 3.32. The van der Waals surface area contributed by atoms with Crippen molar-refractivity contribution in [3.8, 4) is 0 Å². The Balaban J connectivity index is 2.16. The Morgan fingerprint density at radius 2 is 1.94 bits per heavy atom. The van der Waals surface area contributed by atoms with Gasteiger partial charge >= 0.3 is 0 Å². The van der Waals surface area contributed by atoms with Crippen LogP contribution in [-0.2, 0) is 4.74 Å². The fourth-order valence-corrected chi connectivity index (χ4v) is 1.47. The van der Waals surface area contributed by atoms with Crippen LogP contribution in [0.25, 0.3) is 0 Å². The summed E-state index contributed by atoms with van der Waals surface area (Å²) in [6.45, 7) is 5.25. The van der Waals surface area contributed by atoms with E-state index < -0.39 is 0 Å². The van der Waals surface area contributed by atoms with E-state index in [4.69, 9.17) is 4.74 Å². The van der Waals surface area contributed by atoms with Gasteiger partial charge in [-0.2, -0.15) is 0 Å². The quantitative estimate of drug-likeness (QED) is 0.520. The second-order valence-corrected chi connectivity index (χ2v) is 4.38. The fraction of sp³-hybridized carbons (Fsp3) is 0.500. The van der Waals surface area contributed by atoms with Crippen molar-refractivity contribution in [3.63, 3.8) is 0 Å². The predicted molar refractivity (Wildman–Crippen MR) is 65.7 cm³/mol. The molecule has 2 heteroatoms. The lowest BCUT2D eigenvalue weighted by atomic mass is 10.1. The van der Waals surface area contributed by atoms with Crippen LogP contribution < -0.4 is 0 Å². The normalized spacial score (nSPS) is 10.7. The highest BCUT2D eigenvalue weighted by atomic mass is 16.5. The fourth-order valence-electron chi connectivity index (χ4n) is 1.47. The molecule has 0 aliphatic carbocycles. The molecule has 0 unspecified atom stereocenters. The molecule has 0 N–H and O–H groups in total. The van der Waals surface area contributed by atoms with Gasteiger partial charge in [0, 0.05) is 12.2 Å². The third-order valence-electron chi connectivity index (χ3n) is 2.40. The van der Waals surface area contributed by atoms with Crippen molar-refractivity contribution in [1.29, 1.82) is 0 Å². The molecule has 0 heterocycles. The summed E-state index contributed by atoms with van der Waals surface area (Å²) in [7, 11) is 0. The summed E-state index contributed by atoms with van der Waals surface area (Å²) in [4.78, 5) is 11.6. The molecule has 0 fully saturated rings. The summed E-state index contributed by atoms with van der Waals surface area (Å²) in [6.07, 6.45) is 2.18. The lowest BCUT2D eigenvalue weighted by Gasteiger charge is -2.05. The van der Waals surface area contributed by atoms with Crippen molar-refractivity contribution in [2.45, 2.75) is 26.7 Å². The molecular weight excluding hydrogens is 200 g/mol. The third kappa shape index (κ3) is 5.08. The maximum atomic E-state index is 11.6. The maximum Gasteiger partial charge on any atom is 0.188 e. The zero-order valence-corrected chi connectivity index (χ0v) is 10.1. The van der Waals surface area contributed by atoms with Gasteiger partial charge in [-0.3, -0.25) is 4.79 Å². The summed E-state index contributed by atoms with van der Waals surface area (Å²) in [5, 5.41) is 0. The first-order chi connectivity index (χ1) is 7.70. The van der Waals surface area contributed by atoms with Gasteiger partial charge in [-0.15, -0.1) is 0 Å². The molecule has 0 amide bonds. The van der Waals surface area contributed by atoms with Gasteiger partial charge in [0.2, 0.25) is 0 Å². The molecule has 1 rings (SSSR count). The number of ether oxygens (including phenoxy) is 1. The summed E-state index contributed by atoms with van der Waals surface area (Å²) in [5.74, 6) is 0.763. The second-order valence-electron chi connectivity index (χ2n) is 4.38. The van der Waals surface area contributed by atoms with Crippen molar-refractivity contribution in [2.75, 3.05) is 13.2 Å². The topological polar surface area (TPSA) is 26.3 Å². The number of rotatable bonds is 7. The third-order valence-corrected chi connectivity index (χ3v) is 2.40. The summed E-state index contributed by atoms with van der Waals surface area (Å²) in [6, 6.07) is 9.28. The average molecular weight is 220 g/mol. The SMILES string of the molecule is CC(C)CCCOCC(=O)c1ccccc1. The smallest absolute Gasteiger partial charge is 0.188 e. The maximum absolute atomic E-state index is 11.6. The Morgan fingerprint density at radius 3 is 2.56 bits per heavy atom. The van der Waals surface area contributed by atoms with Gasteiger partial charge in [-0.25, -0.2) is 0 Å². The highest BCUT2D eigenvalue weighted by Gasteiger charge is 2.04. The molecule has 1 aromatic carbocycles. The van der Waals surface area contributed by atoms with Crippen LogP contribution in [0.4, 0.5) is 0 Å². The molecule has 0 spiro atoms. The summed E-state index contributed by atoms with van der Waals surface area (Å²) >= 11 is 0. The molecule has 0 aliphatic heterocycles. The highest BCUT2D eigenvalue weighted by molar-refractivity contribution is 5.96. The van der Waals surface area contributed by atoms with Crippen LogP contribution in [0.2, 0.25) is 0 Å². The number of hydrogen-bond donors (Lipinski definition) is 0. The molecule has 0 atom stereocenters. The Morgan fingerprint density at radius 1 is 1.25 bits per heavy atom. The number of carbonyl (C=O) groups is 1. The first-order valence-corrected chi connectivity index (χ1v) is 5.86. The molecule has 0 bridgehead atoms. The first kappa shape index (κ1) is 12.9. The van der Waals surface area contributed by atoms with E-state index in [1.54, 1.807) is 0 Å². The van der Waals surface area contributed by atoms with Gasteiger partial charge in [-0.1, -0.05) is 44.2 Å². The van der Waals surface area contributed by atoms with Gasteiger partial charge in [0.15, 0.2) is 5.78 Å². The van der Waals surface area contributed by atoms with Crippen LogP contribution in [0.1, 0.15) is 37.0 Å². The minimum absolute atomic E-state index is 0.0603. The van der Waals surface area contributed by atoms with Crippen molar-refractivity contribution in [2.24, 2.45) is 5.92 Å². The van der Waals surface area contributed by atoms with Crippen molar-refractivity contribution >= 4 is 5.78 Å². The number of benzene rings is 1. The number of hydrogen-bond acceptors (Lipinski definition) is 2. The van der Waals surface area contributed by atoms with Gasteiger partial charge in [0.05, 0.1) is 0 Å². The van der Waals surface area contributed by atoms with E-state index in [1.807, 2.05) is 30.3 Å². The molecule has 0 saturated carbocycles. The van der Waals surface area contributed by atoms with Crippen molar-refractivity contribution < 1.29 is 9.53 Å². The van der Waals surface area contributed by atoms with E-state index in [-0.39, 0.29) is 12.4 Å². The molecule has 0 radical (unpaired) electrons. The van der Waals surface area contributed by atoms with Crippen LogP contribution >= 0.6 is 0 Å². The minimum Gasteiger partial charge on any atom is -0.373 e. The van der Waals surface area contributed by atoms with Crippen LogP contribution in [0.3, 0.4) is 0 Å². The monoisotopic (exact) mass is 220 g/mol. The first-order valence-electron chi connectivity index (χ1n) is 5.86. The summed E-state index contributed by atoms with van der Waals surface area (Å²) in [5.41, 5.74) is 0.728. The molecule has 2 nitrogen and oxygen atoms in total. The van der Waals surface area contributed by atoms with Crippen molar-refractivity contribution in [3.05, 3.63) is 35.9 Å². The number of ketones is 1. The largest absolute Gasteiger partial charge is 0.373 e. The van der Waals surface area contributed by atoms with Gasteiger partial charge in [-0.05, 0) is 18.8 Å². The Labute approximate surface area is 97.6 Å². The van der Waals surface area contributed by atoms with Gasteiger partial charge < -0.3 is 4.74 Å². The van der Waals surface area contributed by atoms with Gasteiger partial charge in [0.25, 0.3) is 0 Å². The van der Waals surface area contributed by atoms with Crippen LogP contribution in [0.15, 0.2) is 30.3 Å². The van der Waals surface area contributed by atoms with Crippen LogP contribution in [0.5, 0.6) is 0 Å². The van der Waals surface area contributed by atoms with E-state index in [0.717, 1.165) is 18.4 Å². The van der Waals surface area contributed by atoms with Crippen molar-refractivity contribution in [1.82, 2.24) is 0 Å². The van der Waals surface area contributed by atoms with Crippen LogP contribution in [-0.4, -0.2) is 19.0 Å². The minimum atomic E-state index is 0.0603. The zero-order valence-electron chi connectivity index (χ0n) is 10.1. The Bertz CT molecular complexity index is 304. The molecule has 0 saturated heterocycles. The lowest BCUT2D eigenvalue weighted by Crippen LogP contribution is -2.10. The summed E-state index contributed by atoms with van der Waals surface area (Å²) < 4.78 is 5.35. The average Bonchev–Trinajstić information content (AvgIpc) is 2.29. The standard InChI is InChI=1S/C14H20O2/c1-12(2)7-6-10-16-11-14(15)13-8-4-3-5-9-13/h3-5,8-9,12H,6-7,10-11H2,1-2H3. The van der Waals surface area contributed by atoms with E-state index in [0.29, 0.717) is 12.5 Å². The van der Waals surface area contributed by atoms with Crippen LogP contribution in [0, 0.1) is 5.92 Å².